The highest BCUT2D eigenvalue weighted by Gasteiger charge is 2.31. The maximum atomic E-state index is 12.1. The predicted molar refractivity (Wildman–Crippen MR) is 79.7 cm³/mol. The molecule has 1 unspecified atom stereocenters. The van der Waals surface area contributed by atoms with Crippen LogP contribution in [0.4, 0.5) is 13.2 Å². The molecule has 0 spiro atoms. The summed E-state index contributed by atoms with van der Waals surface area (Å²) in [5, 5.41) is 0. The van der Waals surface area contributed by atoms with Crippen molar-refractivity contribution in [3.05, 3.63) is 35.9 Å². The van der Waals surface area contributed by atoms with Crippen LogP contribution in [0.3, 0.4) is 0 Å². The van der Waals surface area contributed by atoms with E-state index < -0.39 is 6.36 Å². The molecule has 1 atom stereocenters. The van der Waals surface area contributed by atoms with Crippen molar-refractivity contribution in [3.63, 3.8) is 0 Å². The summed E-state index contributed by atoms with van der Waals surface area (Å²) in [5.74, 6) is -0.133. The van der Waals surface area contributed by atoms with E-state index in [1.54, 1.807) is 19.1 Å². The zero-order valence-corrected chi connectivity index (χ0v) is 12.9. The van der Waals surface area contributed by atoms with Gasteiger partial charge in [-0.25, -0.2) is 0 Å². The highest BCUT2D eigenvalue weighted by Crippen LogP contribution is 2.33. The summed E-state index contributed by atoms with van der Waals surface area (Å²) in [7, 11) is 0. The number of hydrogen-bond acceptors (Lipinski definition) is 3. The Hall–Kier alpha value is -1.98. The van der Waals surface area contributed by atoms with Crippen molar-refractivity contribution in [2.24, 2.45) is 5.92 Å². The molecule has 0 aromatic heterocycles. The average molecular weight is 328 g/mol. The van der Waals surface area contributed by atoms with Crippen molar-refractivity contribution in [2.45, 2.75) is 39.0 Å². The lowest BCUT2D eigenvalue weighted by atomic mass is 9.85. The molecular formula is C17H19F3O3. The molecule has 1 aliphatic carbocycles. The molecule has 0 N–H and O–H groups in total. The monoisotopic (exact) mass is 328 g/mol. The molecule has 0 bridgehead atoms. The number of hydrogen-bond donors (Lipinski definition) is 0. The van der Waals surface area contributed by atoms with E-state index in [0.717, 1.165) is 30.4 Å². The third-order valence-corrected chi connectivity index (χ3v) is 3.74. The van der Waals surface area contributed by atoms with Crippen molar-refractivity contribution >= 4 is 11.5 Å². The second-order valence-corrected chi connectivity index (χ2v) is 5.45. The van der Waals surface area contributed by atoms with Crippen LogP contribution in [-0.4, -0.2) is 18.9 Å². The molecule has 1 aromatic rings. The molecule has 1 aromatic carbocycles. The number of allylic oxidation sites excluding steroid dienone is 2. The highest BCUT2D eigenvalue weighted by molar-refractivity contribution is 5.71. The van der Waals surface area contributed by atoms with E-state index in [-0.39, 0.29) is 17.6 Å². The topological polar surface area (TPSA) is 35.5 Å². The van der Waals surface area contributed by atoms with Gasteiger partial charge in [0, 0.05) is 6.42 Å². The summed E-state index contributed by atoms with van der Waals surface area (Å²) >= 11 is 0. The fourth-order valence-electron chi connectivity index (χ4n) is 2.66. The maximum absolute atomic E-state index is 12.1. The fourth-order valence-corrected chi connectivity index (χ4v) is 2.66. The molecule has 0 radical (unpaired) electrons. The second kappa shape index (κ2) is 7.53. The Kier molecular flexibility index (Phi) is 5.69. The smallest absolute Gasteiger partial charge is 0.466 e. The van der Waals surface area contributed by atoms with Crippen molar-refractivity contribution < 1.29 is 27.4 Å². The van der Waals surface area contributed by atoms with Gasteiger partial charge >= 0.3 is 12.3 Å². The van der Waals surface area contributed by atoms with Gasteiger partial charge in [-0.05, 0) is 55.4 Å². The Morgan fingerprint density at radius 2 is 1.96 bits per heavy atom. The normalized spacial score (nSPS) is 18.3. The van der Waals surface area contributed by atoms with Crippen LogP contribution >= 0.6 is 0 Å². The van der Waals surface area contributed by atoms with Crippen molar-refractivity contribution in [1.29, 1.82) is 0 Å². The van der Waals surface area contributed by atoms with Gasteiger partial charge in [-0.1, -0.05) is 18.2 Å². The Morgan fingerprint density at radius 1 is 1.26 bits per heavy atom. The highest BCUT2D eigenvalue weighted by atomic mass is 19.4. The average Bonchev–Trinajstić information content (AvgIpc) is 2.47. The molecule has 6 heteroatoms. The summed E-state index contributed by atoms with van der Waals surface area (Å²) in [6, 6.07) is 5.87. The summed E-state index contributed by atoms with van der Waals surface area (Å²) < 4.78 is 45.2. The second-order valence-electron chi connectivity index (χ2n) is 5.45. The number of rotatable bonds is 5. The molecule has 0 amide bonds. The number of esters is 1. The summed E-state index contributed by atoms with van der Waals surface area (Å²) in [6.45, 7) is 2.17. The lowest BCUT2D eigenvalue weighted by Gasteiger charge is -2.21. The lowest BCUT2D eigenvalue weighted by Crippen LogP contribution is -2.17. The fraction of sp³-hybridized carbons (Fsp3) is 0.471. The minimum Gasteiger partial charge on any atom is -0.466 e. The molecule has 0 fully saturated rings. The summed E-state index contributed by atoms with van der Waals surface area (Å²) in [6.07, 6.45) is 0.221. The van der Waals surface area contributed by atoms with Gasteiger partial charge in [-0.2, -0.15) is 0 Å². The van der Waals surface area contributed by atoms with Gasteiger partial charge in [0.05, 0.1) is 6.61 Å². The van der Waals surface area contributed by atoms with E-state index in [2.05, 4.69) is 4.74 Å². The van der Waals surface area contributed by atoms with Gasteiger partial charge in [0.2, 0.25) is 0 Å². The van der Waals surface area contributed by atoms with E-state index in [1.165, 1.54) is 12.1 Å². The number of halogens is 3. The molecule has 1 aliphatic rings. The van der Waals surface area contributed by atoms with Crippen LogP contribution in [0.25, 0.3) is 5.57 Å². The summed E-state index contributed by atoms with van der Waals surface area (Å²) in [5.41, 5.74) is 1.97. The van der Waals surface area contributed by atoms with E-state index in [9.17, 15) is 18.0 Å². The van der Waals surface area contributed by atoms with Crippen molar-refractivity contribution in [1.82, 2.24) is 0 Å². The third kappa shape index (κ3) is 5.62. The molecule has 2 rings (SSSR count). The number of benzene rings is 1. The summed E-state index contributed by atoms with van der Waals surface area (Å²) in [4.78, 5) is 11.5. The molecule has 0 saturated heterocycles. The van der Waals surface area contributed by atoms with Crippen LogP contribution in [0.2, 0.25) is 0 Å². The minimum absolute atomic E-state index is 0.178. The number of carbonyl (C=O) groups excluding carboxylic acids is 1. The lowest BCUT2D eigenvalue weighted by molar-refractivity contribution is -0.274. The van der Waals surface area contributed by atoms with Crippen LogP contribution in [0.5, 0.6) is 5.75 Å². The van der Waals surface area contributed by atoms with E-state index in [4.69, 9.17) is 4.74 Å². The largest absolute Gasteiger partial charge is 0.573 e. The standard InChI is InChI=1S/C17H19F3O3/c1-2-22-16(21)11-12-3-5-13(6-4-12)14-7-9-15(10-8-14)23-17(18,19)20/h5,7-10,12H,2-4,6,11H2,1H3. The zero-order valence-electron chi connectivity index (χ0n) is 12.9. The van der Waals surface area contributed by atoms with Gasteiger partial charge in [-0.3, -0.25) is 4.79 Å². The zero-order chi connectivity index (χ0) is 16.9. The van der Waals surface area contributed by atoms with E-state index in [1.807, 2.05) is 6.08 Å². The van der Waals surface area contributed by atoms with Crippen LogP contribution in [0, 0.1) is 5.92 Å². The van der Waals surface area contributed by atoms with Crippen LogP contribution in [0.15, 0.2) is 30.3 Å². The first-order valence-electron chi connectivity index (χ1n) is 7.58. The molecule has 0 heterocycles. The third-order valence-electron chi connectivity index (χ3n) is 3.74. The molecule has 0 saturated carbocycles. The Morgan fingerprint density at radius 3 is 2.48 bits per heavy atom. The predicted octanol–water partition coefficient (Wildman–Crippen LogP) is 4.72. The van der Waals surface area contributed by atoms with Crippen LogP contribution in [0.1, 0.15) is 38.2 Å². The van der Waals surface area contributed by atoms with Gasteiger partial charge in [-0.15, -0.1) is 13.2 Å². The Balaban J connectivity index is 1.93. The van der Waals surface area contributed by atoms with E-state index >= 15 is 0 Å². The maximum Gasteiger partial charge on any atom is 0.573 e. The molecule has 126 valence electrons. The molecular weight excluding hydrogens is 309 g/mol. The number of alkyl halides is 3. The van der Waals surface area contributed by atoms with Gasteiger partial charge < -0.3 is 9.47 Å². The van der Waals surface area contributed by atoms with Crippen molar-refractivity contribution in [3.8, 4) is 5.75 Å². The minimum atomic E-state index is -4.67. The van der Waals surface area contributed by atoms with Crippen molar-refractivity contribution in [2.75, 3.05) is 6.61 Å². The van der Waals surface area contributed by atoms with Crippen LogP contribution < -0.4 is 4.74 Å². The number of ether oxygens (including phenoxy) is 2. The van der Waals surface area contributed by atoms with Gasteiger partial charge in [0.15, 0.2) is 0 Å². The molecule has 23 heavy (non-hydrogen) atoms. The Labute approximate surface area is 133 Å². The first-order valence-corrected chi connectivity index (χ1v) is 7.58. The Bertz CT molecular complexity index is 561. The first kappa shape index (κ1) is 17.4. The molecule has 3 nitrogen and oxygen atoms in total. The number of carbonyl (C=O) groups is 1. The van der Waals surface area contributed by atoms with Crippen LogP contribution in [-0.2, 0) is 9.53 Å². The first-order chi connectivity index (χ1) is 10.9. The van der Waals surface area contributed by atoms with Gasteiger partial charge in [0.25, 0.3) is 0 Å². The SMILES string of the molecule is CCOC(=O)CC1CC=C(c2ccc(OC(F)(F)F)cc2)CC1. The van der Waals surface area contributed by atoms with E-state index in [0.29, 0.717) is 13.0 Å². The van der Waals surface area contributed by atoms with Gasteiger partial charge in [0.1, 0.15) is 5.75 Å². The molecule has 0 aliphatic heterocycles. The quantitative estimate of drug-likeness (QED) is 0.734.